The molecule has 2 saturated carbocycles. The fraction of sp³-hybridized carbons (Fsp3) is 0.500. The molecule has 2 aromatic rings. The van der Waals surface area contributed by atoms with Crippen molar-refractivity contribution in [1.29, 1.82) is 0 Å². The number of nitrogens with one attached hydrogen (secondary N) is 1. The van der Waals surface area contributed by atoms with E-state index in [1.165, 1.54) is 6.07 Å². The van der Waals surface area contributed by atoms with E-state index in [1.807, 2.05) is 6.07 Å². The molecule has 3 fully saturated rings. The number of carbonyl (C=O) groups is 1. The van der Waals surface area contributed by atoms with Crippen LogP contribution in [0.1, 0.15) is 53.3 Å². The molecule has 3 atom stereocenters. The monoisotopic (exact) mass is 355 g/mol. The van der Waals surface area contributed by atoms with Crippen molar-refractivity contribution >= 4 is 5.91 Å². The molecule has 2 aliphatic carbocycles. The van der Waals surface area contributed by atoms with Gasteiger partial charge in [0.15, 0.2) is 0 Å². The summed E-state index contributed by atoms with van der Waals surface area (Å²) < 4.78 is 14.3. The van der Waals surface area contributed by atoms with Gasteiger partial charge in [0.05, 0.1) is 5.60 Å². The molecule has 1 aromatic carbocycles. The molecule has 2 N–H and O–H groups in total. The lowest BCUT2D eigenvalue weighted by Crippen LogP contribution is -2.37. The van der Waals surface area contributed by atoms with Gasteiger partial charge < -0.3 is 10.0 Å². The number of halogens is 1. The second-order valence-corrected chi connectivity index (χ2v) is 8.00. The van der Waals surface area contributed by atoms with Crippen molar-refractivity contribution in [2.45, 2.75) is 37.2 Å². The molecular formula is C20H22FN3O2. The normalized spacial score (nSPS) is 30.6. The molecule has 26 heavy (non-hydrogen) atoms. The fourth-order valence-electron chi connectivity index (χ4n) is 4.82. The number of likely N-dealkylation sites (tertiary alicyclic amines) is 1. The minimum atomic E-state index is -1.20. The smallest absolute Gasteiger partial charge is 0.274 e. The molecular weight excluding hydrogens is 333 g/mol. The minimum absolute atomic E-state index is 0.0987. The molecule has 0 unspecified atom stereocenters. The van der Waals surface area contributed by atoms with Gasteiger partial charge in [0.1, 0.15) is 11.5 Å². The number of benzene rings is 1. The zero-order chi connectivity index (χ0) is 17.9. The lowest BCUT2D eigenvalue weighted by molar-refractivity contribution is -0.00895. The Morgan fingerprint density at radius 1 is 1.27 bits per heavy atom. The van der Waals surface area contributed by atoms with E-state index < -0.39 is 5.60 Å². The summed E-state index contributed by atoms with van der Waals surface area (Å²) in [5, 5.41) is 18.4. The number of amides is 1. The maximum absolute atomic E-state index is 14.3. The predicted molar refractivity (Wildman–Crippen MR) is 93.0 cm³/mol. The Bertz CT molecular complexity index is 862. The standard InChI is InChI=1S/C20H22FN3O2/c21-16-4-2-1-3-14(16)20(26)8-7-13-10-24(11-15(13)20)19(25)18-9-17(22-23-18)12-5-6-12/h1-4,9,12-13,15,26H,5-8,10-11H2,(H,22,23)/t13-,15+,20+/m1/s1. The average molecular weight is 355 g/mol. The molecule has 136 valence electrons. The van der Waals surface area contributed by atoms with Crippen LogP contribution in [0.25, 0.3) is 0 Å². The number of rotatable bonds is 3. The number of fused-ring (bicyclic) bond motifs is 1. The lowest BCUT2D eigenvalue weighted by Gasteiger charge is -2.31. The Morgan fingerprint density at radius 3 is 2.85 bits per heavy atom. The zero-order valence-corrected chi connectivity index (χ0v) is 14.5. The van der Waals surface area contributed by atoms with Gasteiger partial charge in [0.25, 0.3) is 5.91 Å². The molecule has 5 nitrogen and oxygen atoms in total. The molecule has 5 rings (SSSR count). The third-order valence-corrected chi connectivity index (χ3v) is 6.41. The number of aromatic nitrogens is 2. The fourth-order valence-corrected chi connectivity index (χ4v) is 4.82. The second kappa shape index (κ2) is 5.64. The van der Waals surface area contributed by atoms with Crippen LogP contribution in [-0.2, 0) is 5.60 Å². The molecule has 0 radical (unpaired) electrons. The van der Waals surface area contributed by atoms with Crippen LogP contribution in [-0.4, -0.2) is 39.2 Å². The van der Waals surface area contributed by atoms with Crippen LogP contribution in [0.15, 0.2) is 30.3 Å². The number of aromatic amines is 1. The Hall–Kier alpha value is -2.21. The highest BCUT2D eigenvalue weighted by Gasteiger charge is 2.54. The molecule has 1 aromatic heterocycles. The summed E-state index contributed by atoms with van der Waals surface area (Å²) in [7, 11) is 0. The number of hydrogen-bond donors (Lipinski definition) is 2. The van der Waals surface area contributed by atoms with E-state index in [1.54, 1.807) is 23.1 Å². The number of aliphatic hydroxyl groups is 1. The highest BCUT2D eigenvalue weighted by Crippen LogP contribution is 2.51. The van der Waals surface area contributed by atoms with E-state index in [0.717, 1.165) is 25.0 Å². The molecule has 2 heterocycles. The second-order valence-electron chi connectivity index (χ2n) is 8.00. The third-order valence-electron chi connectivity index (χ3n) is 6.41. The van der Waals surface area contributed by atoms with Crippen LogP contribution < -0.4 is 0 Å². The molecule has 0 spiro atoms. The SMILES string of the molecule is O=C(c1cc(C2CC2)[nH]n1)N1C[C@H]2CC[C@](O)(c3ccccc3F)[C@H]2C1. The van der Waals surface area contributed by atoms with Gasteiger partial charge in [-0.3, -0.25) is 9.89 Å². The first-order chi connectivity index (χ1) is 12.6. The molecule has 0 bridgehead atoms. The summed E-state index contributed by atoms with van der Waals surface area (Å²) in [5.41, 5.74) is 0.644. The Kier molecular flexibility index (Phi) is 3.47. The highest BCUT2D eigenvalue weighted by molar-refractivity contribution is 5.92. The first-order valence-electron chi connectivity index (χ1n) is 9.38. The van der Waals surface area contributed by atoms with E-state index in [2.05, 4.69) is 10.2 Å². The van der Waals surface area contributed by atoms with E-state index in [0.29, 0.717) is 36.7 Å². The van der Waals surface area contributed by atoms with E-state index >= 15 is 0 Å². The summed E-state index contributed by atoms with van der Waals surface area (Å²) in [5.74, 6) is 0.115. The van der Waals surface area contributed by atoms with Crippen LogP contribution in [0, 0.1) is 17.7 Å². The van der Waals surface area contributed by atoms with E-state index in [-0.39, 0.29) is 23.6 Å². The minimum Gasteiger partial charge on any atom is -0.385 e. The first kappa shape index (κ1) is 16.0. The van der Waals surface area contributed by atoms with Gasteiger partial charge in [0.2, 0.25) is 0 Å². The van der Waals surface area contributed by atoms with Crippen molar-refractivity contribution in [2.75, 3.05) is 13.1 Å². The Labute approximate surface area is 151 Å². The van der Waals surface area contributed by atoms with Gasteiger partial charge in [0, 0.05) is 36.2 Å². The van der Waals surface area contributed by atoms with E-state index in [4.69, 9.17) is 0 Å². The maximum Gasteiger partial charge on any atom is 0.274 e. The molecule has 1 amide bonds. The van der Waals surface area contributed by atoms with Crippen molar-refractivity contribution in [3.05, 3.63) is 53.1 Å². The van der Waals surface area contributed by atoms with Gasteiger partial charge in [-0.05, 0) is 43.7 Å². The largest absolute Gasteiger partial charge is 0.385 e. The lowest BCUT2D eigenvalue weighted by atomic mass is 9.82. The van der Waals surface area contributed by atoms with Gasteiger partial charge in [-0.15, -0.1) is 0 Å². The predicted octanol–water partition coefficient (Wildman–Crippen LogP) is 2.80. The van der Waals surface area contributed by atoms with Crippen molar-refractivity contribution in [3.8, 4) is 0 Å². The van der Waals surface area contributed by atoms with Crippen LogP contribution >= 0.6 is 0 Å². The summed E-state index contributed by atoms with van der Waals surface area (Å²) in [6, 6.07) is 8.30. The number of hydrogen-bond acceptors (Lipinski definition) is 3. The van der Waals surface area contributed by atoms with Crippen LogP contribution in [0.4, 0.5) is 4.39 Å². The van der Waals surface area contributed by atoms with Crippen molar-refractivity contribution in [3.63, 3.8) is 0 Å². The van der Waals surface area contributed by atoms with Crippen LogP contribution in [0.3, 0.4) is 0 Å². The van der Waals surface area contributed by atoms with Gasteiger partial charge in [-0.1, -0.05) is 18.2 Å². The van der Waals surface area contributed by atoms with Crippen molar-refractivity contribution < 1.29 is 14.3 Å². The molecule has 1 saturated heterocycles. The maximum atomic E-state index is 14.3. The summed E-state index contributed by atoms with van der Waals surface area (Å²) in [6.07, 6.45) is 3.64. The number of carbonyl (C=O) groups excluding carboxylic acids is 1. The number of H-pyrrole nitrogens is 1. The number of nitrogens with zero attached hydrogens (tertiary/aromatic N) is 2. The zero-order valence-electron chi connectivity index (χ0n) is 14.5. The summed E-state index contributed by atoms with van der Waals surface area (Å²) in [6.45, 7) is 1.05. The van der Waals surface area contributed by atoms with Gasteiger partial charge in [-0.2, -0.15) is 5.10 Å². The summed E-state index contributed by atoms with van der Waals surface area (Å²) >= 11 is 0. The first-order valence-corrected chi connectivity index (χ1v) is 9.38. The highest BCUT2D eigenvalue weighted by atomic mass is 19.1. The third kappa shape index (κ3) is 2.39. The Balaban J connectivity index is 1.37. The molecule has 1 aliphatic heterocycles. The van der Waals surface area contributed by atoms with E-state index in [9.17, 15) is 14.3 Å². The topological polar surface area (TPSA) is 69.2 Å². The summed E-state index contributed by atoms with van der Waals surface area (Å²) in [4.78, 5) is 14.6. The quantitative estimate of drug-likeness (QED) is 0.890. The molecule has 6 heteroatoms. The van der Waals surface area contributed by atoms with Gasteiger partial charge in [-0.25, -0.2) is 4.39 Å². The van der Waals surface area contributed by atoms with Crippen LogP contribution in [0.5, 0.6) is 0 Å². The van der Waals surface area contributed by atoms with Crippen molar-refractivity contribution in [2.24, 2.45) is 11.8 Å². The Morgan fingerprint density at radius 2 is 2.08 bits per heavy atom. The van der Waals surface area contributed by atoms with Crippen LogP contribution in [0.2, 0.25) is 0 Å². The average Bonchev–Trinajstić information content (AvgIpc) is 3.09. The van der Waals surface area contributed by atoms with Crippen molar-refractivity contribution in [1.82, 2.24) is 15.1 Å². The van der Waals surface area contributed by atoms with Gasteiger partial charge >= 0.3 is 0 Å². The molecule has 3 aliphatic rings.